The molecule has 0 bridgehead atoms. The molecule has 1 aliphatic heterocycles. The summed E-state index contributed by atoms with van der Waals surface area (Å²) < 4.78 is 0. The number of likely N-dealkylation sites (tertiary alicyclic amines) is 1. The van der Waals surface area contributed by atoms with E-state index in [-0.39, 0.29) is 5.91 Å². The molecule has 0 unspecified atom stereocenters. The maximum Gasteiger partial charge on any atom is 0.246 e. The molecule has 56 valence electrons. The van der Waals surface area contributed by atoms with Gasteiger partial charge in [-0.05, 0) is 18.9 Å². The van der Waals surface area contributed by atoms with Gasteiger partial charge < -0.3 is 4.90 Å². The molecule has 2 nitrogen and oxygen atoms in total. The largest absolute Gasteiger partial charge is 0.339 e. The van der Waals surface area contributed by atoms with Crippen LogP contribution in [0.25, 0.3) is 0 Å². The van der Waals surface area contributed by atoms with Crippen LogP contribution in [0.3, 0.4) is 0 Å². The molecule has 1 saturated heterocycles. The molecule has 0 aliphatic carbocycles. The smallest absolute Gasteiger partial charge is 0.246 e. The van der Waals surface area contributed by atoms with Crippen LogP contribution in [0.5, 0.6) is 0 Å². The summed E-state index contributed by atoms with van der Waals surface area (Å²) in [6.45, 7) is 5.88. The zero-order valence-corrected chi connectivity index (χ0v) is 6.50. The van der Waals surface area contributed by atoms with E-state index in [1.807, 2.05) is 11.8 Å². The second-order valence-electron chi connectivity index (χ2n) is 2.85. The topological polar surface area (TPSA) is 20.3 Å². The molecule has 1 heterocycles. The molecule has 0 saturated carbocycles. The number of amides is 1. The zero-order chi connectivity index (χ0) is 7.56. The van der Waals surface area contributed by atoms with Crippen molar-refractivity contribution in [1.82, 2.24) is 4.90 Å². The molecule has 0 aromatic rings. The van der Waals surface area contributed by atoms with Gasteiger partial charge in [0.25, 0.3) is 0 Å². The van der Waals surface area contributed by atoms with Crippen molar-refractivity contribution in [3.05, 3.63) is 12.2 Å². The van der Waals surface area contributed by atoms with Crippen LogP contribution < -0.4 is 0 Å². The summed E-state index contributed by atoms with van der Waals surface area (Å²) in [7, 11) is 0. The molecule has 0 spiro atoms. The Balaban J connectivity index is 2.31. The molecule has 1 rings (SSSR count). The predicted molar refractivity (Wildman–Crippen MR) is 40.6 cm³/mol. The monoisotopic (exact) mass is 139 g/mol. The summed E-state index contributed by atoms with van der Waals surface area (Å²) in [4.78, 5) is 12.9. The van der Waals surface area contributed by atoms with Gasteiger partial charge in [0.05, 0.1) is 0 Å². The highest BCUT2D eigenvalue weighted by molar-refractivity contribution is 5.88. The minimum Gasteiger partial charge on any atom is -0.339 e. The Bertz CT molecular complexity index is 157. The average Bonchev–Trinajstić information content (AvgIpc) is 1.82. The molecule has 0 aromatic carbocycles. The van der Waals surface area contributed by atoms with Gasteiger partial charge in [0.15, 0.2) is 0 Å². The van der Waals surface area contributed by atoms with Gasteiger partial charge in [0, 0.05) is 13.1 Å². The second kappa shape index (κ2) is 2.86. The van der Waals surface area contributed by atoms with Gasteiger partial charge in [-0.1, -0.05) is 13.0 Å². The summed E-state index contributed by atoms with van der Waals surface area (Å²) in [6, 6.07) is 0. The third-order valence-electron chi connectivity index (χ3n) is 1.69. The van der Waals surface area contributed by atoms with Crippen molar-refractivity contribution in [1.29, 1.82) is 0 Å². The Morgan fingerprint density at radius 3 is 2.60 bits per heavy atom. The lowest BCUT2D eigenvalue weighted by Gasteiger charge is -2.36. The molecule has 0 radical (unpaired) electrons. The van der Waals surface area contributed by atoms with Gasteiger partial charge in [-0.2, -0.15) is 0 Å². The molecule has 0 N–H and O–H groups in total. The maximum absolute atomic E-state index is 11.0. The standard InChI is InChI=1S/C8H13NO/c1-3-4-8(10)9-5-7(2)6-9/h3-4,7H,5-6H2,1-2H3. The van der Waals surface area contributed by atoms with Gasteiger partial charge in [-0.15, -0.1) is 0 Å². The minimum atomic E-state index is 0.153. The van der Waals surface area contributed by atoms with Crippen molar-refractivity contribution in [2.75, 3.05) is 13.1 Å². The number of allylic oxidation sites excluding steroid dienone is 1. The van der Waals surface area contributed by atoms with E-state index in [1.165, 1.54) is 0 Å². The van der Waals surface area contributed by atoms with Crippen molar-refractivity contribution < 1.29 is 4.79 Å². The van der Waals surface area contributed by atoms with Crippen molar-refractivity contribution in [3.63, 3.8) is 0 Å². The van der Waals surface area contributed by atoms with Crippen LogP contribution in [0.4, 0.5) is 0 Å². The molecule has 0 atom stereocenters. The first kappa shape index (κ1) is 7.32. The Morgan fingerprint density at radius 2 is 2.20 bits per heavy atom. The summed E-state index contributed by atoms with van der Waals surface area (Å²) in [5.41, 5.74) is 0. The zero-order valence-electron chi connectivity index (χ0n) is 6.50. The molecule has 2 heteroatoms. The van der Waals surface area contributed by atoms with Crippen molar-refractivity contribution in [2.24, 2.45) is 5.92 Å². The summed E-state index contributed by atoms with van der Waals surface area (Å²) in [5.74, 6) is 0.856. The van der Waals surface area contributed by atoms with Gasteiger partial charge in [0.2, 0.25) is 5.91 Å². The van der Waals surface area contributed by atoms with E-state index >= 15 is 0 Å². The number of rotatable bonds is 1. The highest BCUT2D eigenvalue weighted by Crippen LogP contribution is 2.13. The van der Waals surface area contributed by atoms with Crippen molar-refractivity contribution in [2.45, 2.75) is 13.8 Å². The normalized spacial score (nSPS) is 19.6. The first-order valence-corrected chi connectivity index (χ1v) is 3.65. The fourth-order valence-corrected chi connectivity index (χ4v) is 1.13. The number of carbonyl (C=O) groups is 1. The molecule has 10 heavy (non-hydrogen) atoms. The molecule has 0 aromatic heterocycles. The summed E-state index contributed by atoms with van der Waals surface area (Å²) in [6.07, 6.45) is 3.40. The first-order valence-electron chi connectivity index (χ1n) is 3.65. The highest BCUT2D eigenvalue weighted by atomic mass is 16.2. The van der Waals surface area contributed by atoms with Crippen LogP contribution in [-0.2, 0) is 4.79 Å². The first-order chi connectivity index (χ1) is 4.74. The van der Waals surface area contributed by atoms with E-state index in [1.54, 1.807) is 12.2 Å². The number of carbonyl (C=O) groups excluding carboxylic acids is 1. The van der Waals surface area contributed by atoms with Gasteiger partial charge in [-0.25, -0.2) is 0 Å². The van der Waals surface area contributed by atoms with Gasteiger partial charge in [0.1, 0.15) is 0 Å². The summed E-state index contributed by atoms with van der Waals surface area (Å²) >= 11 is 0. The Labute approximate surface area is 61.5 Å². The van der Waals surface area contributed by atoms with Crippen LogP contribution in [-0.4, -0.2) is 23.9 Å². The second-order valence-corrected chi connectivity index (χ2v) is 2.85. The third kappa shape index (κ3) is 1.38. The number of hydrogen-bond acceptors (Lipinski definition) is 1. The Morgan fingerprint density at radius 1 is 1.60 bits per heavy atom. The van der Waals surface area contributed by atoms with Crippen molar-refractivity contribution >= 4 is 5.91 Å². The van der Waals surface area contributed by atoms with Crippen LogP contribution in [0, 0.1) is 5.92 Å². The lowest BCUT2D eigenvalue weighted by Crippen LogP contribution is -2.47. The molecular weight excluding hydrogens is 126 g/mol. The average molecular weight is 139 g/mol. The quantitative estimate of drug-likeness (QED) is 0.497. The summed E-state index contributed by atoms with van der Waals surface area (Å²) in [5, 5.41) is 0. The van der Waals surface area contributed by atoms with Crippen molar-refractivity contribution in [3.8, 4) is 0 Å². The fourth-order valence-electron chi connectivity index (χ4n) is 1.13. The molecular formula is C8H13NO. The Kier molecular flexibility index (Phi) is 2.10. The minimum absolute atomic E-state index is 0.153. The number of hydrogen-bond donors (Lipinski definition) is 0. The molecule has 1 amide bonds. The van der Waals surface area contributed by atoms with E-state index in [2.05, 4.69) is 6.92 Å². The van der Waals surface area contributed by atoms with E-state index in [9.17, 15) is 4.79 Å². The highest BCUT2D eigenvalue weighted by Gasteiger charge is 2.24. The van der Waals surface area contributed by atoms with E-state index in [0.29, 0.717) is 5.92 Å². The Hall–Kier alpha value is -0.790. The molecule has 1 fully saturated rings. The maximum atomic E-state index is 11.0. The predicted octanol–water partition coefficient (Wildman–Crippen LogP) is 1.04. The van der Waals surface area contributed by atoms with E-state index < -0.39 is 0 Å². The van der Waals surface area contributed by atoms with Crippen LogP contribution in [0.2, 0.25) is 0 Å². The lowest BCUT2D eigenvalue weighted by molar-refractivity contribution is -0.131. The van der Waals surface area contributed by atoms with E-state index in [0.717, 1.165) is 13.1 Å². The fraction of sp³-hybridized carbons (Fsp3) is 0.625. The van der Waals surface area contributed by atoms with Gasteiger partial charge in [-0.3, -0.25) is 4.79 Å². The van der Waals surface area contributed by atoms with Crippen LogP contribution in [0.1, 0.15) is 13.8 Å². The van der Waals surface area contributed by atoms with Gasteiger partial charge >= 0.3 is 0 Å². The molecule has 1 aliphatic rings. The SMILES string of the molecule is CC=CC(=O)N1CC(C)C1. The number of nitrogens with zero attached hydrogens (tertiary/aromatic N) is 1. The van der Waals surface area contributed by atoms with Crippen LogP contribution in [0.15, 0.2) is 12.2 Å². The van der Waals surface area contributed by atoms with Crippen LogP contribution >= 0.6 is 0 Å². The lowest BCUT2D eigenvalue weighted by atomic mass is 10.0. The van der Waals surface area contributed by atoms with E-state index in [4.69, 9.17) is 0 Å². The third-order valence-corrected chi connectivity index (χ3v) is 1.69.